The van der Waals surface area contributed by atoms with Gasteiger partial charge in [0, 0.05) is 43.6 Å². The smallest absolute Gasteiger partial charge is 0.225 e. The standard InChI is InChI=1S/C16H27N5/c1-13-11-14(6-10-20(13)2)19-15-5-3-9-21(12-15)16-17-7-4-8-18-16/h4,7-8,13-15,19H,3,5-6,9-12H2,1-2H3. The van der Waals surface area contributed by atoms with Crippen molar-refractivity contribution in [2.75, 3.05) is 31.6 Å². The molecule has 0 aromatic carbocycles. The Kier molecular flexibility index (Phi) is 4.70. The van der Waals surface area contributed by atoms with Crippen LogP contribution in [0.2, 0.25) is 0 Å². The van der Waals surface area contributed by atoms with Gasteiger partial charge in [0.2, 0.25) is 5.95 Å². The normalized spacial score (nSPS) is 31.3. The molecule has 0 spiro atoms. The first-order chi connectivity index (χ1) is 10.2. The molecule has 2 saturated heterocycles. The number of nitrogens with zero attached hydrogens (tertiary/aromatic N) is 4. The highest BCUT2D eigenvalue weighted by Crippen LogP contribution is 2.19. The summed E-state index contributed by atoms with van der Waals surface area (Å²) < 4.78 is 0. The van der Waals surface area contributed by atoms with Gasteiger partial charge >= 0.3 is 0 Å². The number of hydrogen-bond acceptors (Lipinski definition) is 5. The average molecular weight is 289 g/mol. The van der Waals surface area contributed by atoms with Gasteiger partial charge in [-0.15, -0.1) is 0 Å². The first kappa shape index (κ1) is 14.7. The number of aromatic nitrogens is 2. The molecule has 3 atom stereocenters. The summed E-state index contributed by atoms with van der Waals surface area (Å²) in [6, 6.07) is 3.80. The Balaban J connectivity index is 1.54. The number of rotatable bonds is 3. The van der Waals surface area contributed by atoms with Gasteiger partial charge in [0.05, 0.1) is 0 Å². The molecule has 2 aliphatic heterocycles. The Labute approximate surface area is 127 Å². The molecular weight excluding hydrogens is 262 g/mol. The fourth-order valence-electron chi connectivity index (χ4n) is 3.52. The molecule has 3 unspecified atom stereocenters. The topological polar surface area (TPSA) is 44.3 Å². The summed E-state index contributed by atoms with van der Waals surface area (Å²) in [7, 11) is 2.23. The maximum Gasteiger partial charge on any atom is 0.225 e. The van der Waals surface area contributed by atoms with E-state index in [0.717, 1.165) is 19.0 Å². The lowest BCUT2D eigenvalue weighted by atomic mass is 9.96. The summed E-state index contributed by atoms with van der Waals surface area (Å²) in [6.07, 6.45) is 8.67. The zero-order valence-electron chi connectivity index (χ0n) is 13.2. The predicted octanol–water partition coefficient (Wildman–Crippen LogP) is 1.52. The van der Waals surface area contributed by atoms with E-state index in [0.29, 0.717) is 18.1 Å². The van der Waals surface area contributed by atoms with Crippen LogP contribution in [0.25, 0.3) is 0 Å². The van der Waals surface area contributed by atoms with Crippen LogP contribution in [0.1, 0.15) is 32.6 Å². The van der Waals surface area contributed by atoms with E-state index in [1.165, 1.54) is 32.2 Å². The number of likely N-dealkylation sites (tertiary alicyclic amines) is 1. The van der Waals surface area contributed by atoms with Crippen LogP contribution < -0.4 is 10.2 Å². The lowest BCUT2D eigenvalue weighted by Gasteiger charge is -2.40. The summed E-state index contributed by atoms with van der Waals surface area (Å²) >= 11 is 0. The number of anilines is 1. The van der Waals surface area contributed by atoms with Crippen LogP contribution in [0.4, 0.5) is 5.95 Å². The summed E-state index contributed by atoms with van der Waals surface area (Å²) in [6.45, 7) is 5.65. The van der Waals surface area contributed by atoms with Gasteiger partial charge < -0.3 is 15.1 Å². The third-order valence-electron chi connectivity index (χ3n) is 4.94. The van der Waals surface area contributed by atoms with Crippen LogP contribution in [0.3, 0.4) is 0 Å². The van der Waals surface area contributed by atoms with Crippen molar-refractivity contribution in [3.05, 3.63) is 18.5 Å². The second-order valence-electron chi connectivity index (χ2n) is 6.55. The minimum absolute atomic E-state index is 0.572. The summed E-state index contributed by atoms with van der Waals surface area (Å²) in [5.41, 5.74) is 0. The molecule has 5 heteroatoms. The molecule has 21 heavy (non-hydrogen) atoms. The van der Waals surface area contributed by atoms with Crippen LogP contribution >= 0.6 is 0 Å². The van der Waals surface area contributed by atoms with E-state index in [1.807, 2.05) is 18.5 Å². The molecule has 2 aliphatic rings. The van der Waals surface area contributed by atoms with Gasteiger partial charge in [0.25, 0.3) is 0 Å². The monoisotopic (exact) mass is 289 g/mol. The van der Waals surface area contributed by atoms with Crippen LogP contribution in [0.5, 0.6) is 0 Å². The molecule has 1 aromatic heterocycles. The van der Waals surface area contributed by atoms with E-state index in [1.54, 1.807) is 0 Å². The first-order valence-corrected chi connectivity index (χ1v) is 8.20. The van der Waals surface area contributed by atoms with E-state index in [9.17, 15) is 0 Å². The van der Waals surface area contributed by atoms with Crippen LogP contribution in [-0.4, -0.2) is 59.7 Å². The van der Waals surface area contributed by atoms with Gasteiger partial charge in [-0.1, -0.05) is 0 Å². The van der Waals surface area contributed by atoms with E-state index in [4.69, 9.17) is 0 Å². The van der Waals surface area contributed by atoms with Crippen molar-refractivity contribution in [1.29, 1.82) is 0 Å². The molecule has 3 heterocycles. The maximum absolute atomic E-state index is 4.39. The van der Waals surface area contributed by atoms with E-state index < -0.39 is 0 Å². The van der Waals surface area contributed by atoms with E-state index in [-0.39, 0.29) is 0 Å². The van der Waals surface area contributed by atoms with E-state index in [2.05, 4.69) is 39.1 Å². The third kappa shape index (κ3) is 3.71. The molecule has 0 bridgehead atoms. The Morgan fingerprint density at radius 1 is 1.14 bits per heavy atom. The highest BCUT2D eigenvalue weighted by Gasteiger charge is 2.27. The Hall–Kier alpha value is -1.20. The van der Waals surface area contributed by atoms with Crippen molar-refractivity contribution in [2.45, 2.75) is 50.7 Å². The SMILES string of the molecule is CC1CC(NC2CCCN(c3ncccn3)C2)CCN1C. The molecular formula is C16H27N5. The molecule has 0 amide bonds. The summed E-state index contributed by atoms with van der Waals surface area (Å²) in [5.74, 6) is 0.876. The predicted molar refractivity (Wildman–Crippen MR) is 85.5 cm³/mol. The highest BCUT2D eigenvalue weighted by molar-refractivity contribution is 5.29. The zero-order chi connectivity index (χ0) is 14.7. The Bertz CT molecular complexity index is 438. The van der Waals surface area contributed by atoms with Gasteiger partial charge in [-0.05, 0) is 52.3 Å². The lowest BCUT2D eigenvalue weighted by molar-refractivity contribution is 0.160. The van der Waals surface area contributed by atoms with Crippen molar-refractivity contribution in [3.8, 4) is 0 Å². The van der Waals surface area contributed by atoms with Crippen LogP contribution in [-0.2, 0) is 0 Å². The number of piperidine rings is 2. The molecule has 0 saturated carbocycles. The molecule has 3 rings (SSSR count). The van der Waals surface area contributed by atoms with Crippen LogP contribution in [0, 0.1) is 0 Å². The van der Waals surface area contributed by atoms with Gasteiger partial charge in [0.1, 0.15) is 0 Å². The van der Waals surface area contributed by atoms with Crippen molar-refractivity contribution in [1.82, 2.24) is 20.2 Å². The molecule has 1 aromatic rings. The first-order valence-electron chi connectivity index (χ1n) is 8.20. The second kappa shape index (κ2) is 6.71. The lowest BCUT2D eigenvalue weighted by Crippen LogP contribution is -2.53. The Morgan fingerprint density at radius 2 is 1.95 bits per heavy atom. The number of nitrogens with one attached hydrogen (secondary N) is 1. The Morgan fingerprint density at radius 3 is 2.71 bits per heavy atom. The fraction of sp³-hybridized carbons (Fsp3) is 0.750. The molecule has 2 fully saturated rings. The van der Waals surface area contributed by atoms with Gasteiger partial charge in [0.15, 0.2) is 0 Å². The van der Waals surface area contributed by atoms with Gasteiger partial charge in [-0.2, -0.15) is 0 Å². The maximum atomic E-state index is 4.39. The fourth-order valence-corrected chi connectivity index (χ4v) is 3.52. The summed E-state index contributed by atoms with van der Waals surface area (Å²) in [4.78, 5) is 13.6. The van der Waals surface area contributed by atoms with Crippen molar-refractivity contribution < 1.29 is 0 Å². The number of hydrogen-bond donors (Lipinski definition) is 1. The summed E-state index contributed by atoms with van der Waals surface area (Å²) in [5, 5.41) is 3.88. The molecule has 116 valence electrons. The molecule has 1 N–H and O–H groups in total. The quantitative estimate of drug-likeness (QED) is 0.914. The third-order valence-corrected chi connectivity index (χ3v) is 4.94. The van der Waals surface area contributed by atoms with Gasteiger partial charge in [-0.3, -0.25) is 0 Å². The minimum atomic E-state index is 0.572. The van der Waals surface area contributed by atoms with Gasteiger partial charge in [-0.25, -0.2) is 9.97 Å². The van der Waals surface area contributed by atoms with E-state index >= 15 is 0 Å². The second-order valence-corrected chi connectivity index (χ2v) is 6.55. The van der Waals surface area contributed by atoms with Crippen molar-refractivity contribution >= 4 is 5.95 Å². The molecule has 0 radical (unpaired) electrons. The minimum Gasteiger partial charge on any atom is -0.339 e. The van der Waals surface area contributed by atoms with Crippen molar-refractivity contribution in [2.24, 2.45) is 0 Å². The molecule has 5 nitrogen and oxygen atoms in total. The zero-order valence-corrected chi connectivity index (χ0v) is 13.2. The largest absolute Gasteiger partial charge is 0.339 e. The average Bonchev–Trinajstić information content (AvgIpc) is 2.52. The molecule has 0 aliphatic carbocycles. The highest BCUT2D eigenvalue weighted by atomic mass is 15.3. The van der Waals surface area contributed by atoms with Crippen molar-refractivity contribution in [3.63, 3.8) is 0 Å². The van der Waals surface area contributed by atoms with Crippen LogP contribution in [0.15, 0.2) is 18.5 Å².